The predicted octanol–water partition coefficient (Wildman–Crippen LogP) is 1.06. The van der Waals surface area contributed by atoms with Crippen molar-refractivity contribution in [2.45, 2.75) is 45.8 Å². The van der Waals surface area contributed by atoms with E-state index < -0.39 is 0 Å². The zero-order chi connectivity index (χ0) is 11.2. The molecule has 3 atom stereocenters. The predicted molar refractivity (Wildman–Crippen MR) is 58.6 cm³/mol. The normalized spacial score (nSPS) is 39.3. The number of nitrogens with zero attached hydrogens (tertiary/aromatic N) is 1. The largest absolute Gasteiger partial charge is 0.392 e. The van der Waals surface area contributed by atoms with Crippen LogP contribution in [-0.4, -0.2) is 41.0 Å². The third-order valence-electron chi connectivity index (χ3n) is 4.14. The van der Waals surface area contributed by atoms with E-state index in [9.17, 15) is 9.90 Å². The lowest BCUT2D eigenvalue weighted by atomic mass is 9.54. The van der Waals surface area contributed by atoms with Crippen LogP contribution in [0.15, 0.2) is 0 Å². The molecular weight excluding hydrogens is 190 g/mol. The maximum absolute atomic E-state index is 11.2. The van der Waals surface area contributed by atoms with Gasteiger partial charge in [0.1, 0.15) is 5.78 Å². The van der Waals surface area contributed by atoms with E-state index in [0.29, 0.717) is 18.5 Å². The topological polar surface area (TPSA) is 40.5 Å². The van der Waals surface area contributed by atoms with Gasteiger partial charge >= 0.3 is 0 Å². The molecule has 1 heterocycles. The van der Waals surface area contributed by atoms with Gasteiger partial charge < -0.3 is 5.11 Å². The fraction of sp³-hybridized carbons (Fsp3) is 0.917. The molecule has 0 radical (unpaired) electrons. The average molecular weight is 211 g/mol. The molecular formula is C12H21NO2. The maximum Gasteiger partial charge on any atom is 0.143 e. The highest BCUT2D eigenvalue weighted by Crippen LogP contribution is 2.52. The Kier molecular flexibility index (Phi) is 2.63. The van der Waals surface area contributed by atoms with Crippen molar-refractivity contribution in [3.8, 4) is 0 Å². The van der Waals surface area contributed by atoms with E-state index in [1.165, 1.54) is 0 Å². The first-order valence-corrected chi connectivity index (χ1v) is 5.86. The molecule has 1 N–H and O–H groups in total. The van der Waals surface area contributed by atoms with Gasteiger partial charge in [-0.1, -0.05) is 13.8 Å². The monoisotopic (exact) mass is 211 g/mol. The van der Waals surface area contributed by atoms with Crippen molar-refractivity contribution >= 4 is 5.78 Å². The smallest absolute Gasteiger partial charge is 0.143 e. The van der Waals surface area contributed by atoms with Gasteiger partial charge in [0.05, 0.1) is 12.6 Å². The quantitative estimate of drug-likeness (QED) is 0.742. The van der Waals surface area contributed by atoms with Crippen LogP contribution < -0.4 is 0 Å². The summed E-state index contributed by atoms with van der Waals surface area (Å²) in [6.45, 7) is 7.43. The molecule has 3 heteroatoms. The SMILES string of the molecule is CC(=O)CN1CCCC2C(O)C(C)(C)C21. The minimum Gasteiger partial charge on any atom is -0.392 e. The van der Waals surface area contributed by atoms with Crippen molar-refractivity contribution in [1.29, 1.82) is 0 Å². The second-order valence-corrected chi connectivity index (χ2v) is 5.69. The third kappa shape index (κ3) is 1.62. The summed E-state index contributed by atoms with van der Waals surface area (Å²) in [5.74, 6) is 0.626. The molecule has 2 rings (SSSR count). The van der Waals surface area contributed by atoms with E-state index in [1.807, 2.05) is 0 Å². The third-order valence-corrected chi connectivity index (χ3v) is 4.14. The summed E-state index contributed by atoms with van der Waals surface area (Å²) in [4.78, 5) is 13.4. The van der Waals surface area contributed by atoms with Gasteiger partial charge in [0.2, 0.25) is 0 Å². The summed E-state index contributed by atoms with van der Waals surface area (Å²) in [5.41, 5.74) is -0.0411. The van der Waals surface area contributed by atoms with Crippen LogP contribution in [0.2, 0.25) is 0 Å². The minimum atomic E-state index is -0.183. The van der Waals surface area contributed by atoms with Crippen LogP contribution in [0.25, 0.3) is 0 Å². The second kappa shape index (κ2) is 3.56. The van der Waals surface area contributed by atoms with E-state index in [-0.39, 0.29) is 17.3 Å². The Morgan fingerprint density at radius 2 is 2.20 bits per heavy atom. The fourth-order valence-corrected chi connectivity index (χ4v) is 3.52. The number of aliphatic hydroxyl groups excluding tert-OH is 1. The van der Waals surface area contributed by atoms with E-state index in [4.69, 9.17) is 0 Å². The Balaban J connectivity index is 2.10. The van der Waals surface area contributed by atoms with Crippen molar-refractivity contribution in [2.75, 3.05) is 13.1 Å². The van der Waals surface area contributed by atoms with Crippen LogP contribution in [0.1, 0.15) is 33.6 Å². The summed E-state index contributed by atoms with van der Waals surface area (Å²) in [5, 5.41) is 10.0. The molecule has 0 aromatic rings. The Bertz CT molecular complexity index is 275. The highest BCUT2D eigenvalue weighted by molar-refractivity contribution is 5.77. The number of carbonyl (C=O) groups is 1. The molecule has 15 heavy (non-hydrogen) atoms. The number of hydrogen-bond acceptors (Lipinski definition) is 3. The standard InChI is InChI=1S/C12H21NO2/c1-8(14)7-13-6-4-5-9-10(13)12(2,3)11(9)15/h9-11,15H,4-7H2,1-3H3. The molecule has 1 saturated carbocycles. The van der Waals surface area contributed by atoms with Gasteiger partial charge in [-0.3, -0.25) is 9.69 Å². The number of hydrogen-bond donors (Lipinski definition) is 1. The van der Waals surface area contributed by atoms with Gasteiger partial charge in [0.25, 0.3) is 0 Å². The number of likely N-dealkylation sites (tertiary alicyclic amines) is 1. The zero-order valence-corrected chi connectivity index (χ0v) is 9.86. The number of Topliss-reactive ketones (excluding diaryl/α,β-unsaturated/α-hetero) is 1. The first-order chi connectivity index (χ1) is 6.94. The number of ketones is 1. The van der Waals surface area contributed by atoms with Gasteiger partial charge in [0.15, 0.2) is 0 Å². The molecule has 86 valence electrons. The molecule has 0 amide bonds. The molecule has 1 aliphatic heterocycles. The Hall–Kier alpha value is -0.410. The first kappa shape index (κ1) is 11.1. The number of fused-ring (bicyclic) bond motifs is 1. The molecule has 0 bridgehead atoms. The van der Waals surface area contributed by atoms with E-state index in [0.717, 1.165) is 19.4 Å². The van der Waals surface area contributed by atoms with Crippen molar-refractivity contribution in [3.63, 3.8) is 0 Å². The van der Waals surface area contributed by atoms with Crippen LogP contribution in [0.3, 0.4) is 0 Å². The Labute approximate surface area is 91.5 Å². The maximum atomic E-state index is 11.2. The van der Waals surface area contributed by atoms with Gasteiger partial charge in [-0.15, -0.1) is 0 Å². The molecule has 1 saturated heterocycles. The average Bonchev–Trinajstić information content (AvgIpc) is 2.15. The van der Waals surface area contributed by atoms with Crippen molar-refractivity contribution < 1.29 is 9.90 Å². The van der Waals surface area contributed by atoms with Gasteiger partial charge in [-0.2, -0.15) is 0 Å². The van der Waals surface area contributed by atoms with Crippen LogP contribution in [-0.2, 0) is 4.79 Å². The summed E-state index contributed by atoms with van der Waals surface area (Å²) in [6.07, 6.45) is 2.04. The Morgan fingerprint density at radius 1 is 1.53 bits per heavy atom. The van der Waals surface area contributed by atoms with Crippen LogP contribution >= 0.6 is 0 Å². The lowest BCUT2D eigenvalue weighted by Crippen LogP contribution is -2.70. The summed E-state index contributed by atoms with van der Waals surface area (Å²) < 4.78 is 0. The van der Waals surface area contributed by atoms with E-state index >= 15 is 0 Å². The number of aliphatic hydroxyl groups is 1. The van der Waals surface area contributed by atoms with Crippen LogP contribution in [0, 0.1) is 11.3 Å². The molecule has 3 nitrogen and oxygen atoms in total. The molecule has 0 spiro atoms. The van der Waals surface area contributed by atoms with Crippen molar-refractivity contribution in [1.82, 2.24) is 4.90 Å². The van der Waals surface area contributed by atoms with Crippen molar-refractivity contribution in [2.24, 2.45) is 11.3 Å². The summed E-state index contributed by atoms with van der Waals surface area (Å²) in [7, 11) is 0. The first-order valence-electron chi connectivity index (χ1n) is 5.86. The molecule has 3 unspecified atom stereocenters. The van der Waals surface area contributed by atoms with E-state index in [1.54, 1.807) is 6.92 Å². The van der Waals surface area contributed by atoms with Gasteiger partial charge in [-0.05, 0) is 26.3 Å². The molecule has 2 fully saturated rings. The number of carbonyl (C=O) groups excluding carboxylic acids is 1. The fourth-order valence-electron chi connectivity index (χ4n) is 3.52. The second-order valence-electron chi connectivity index (χ2n) is 5.69. The van der Waals surface area contributed by atoms with Gasteiger partial charge in [-0.25, -0.2) is 0 Å². The van der Waals surface area contributed by atoms with Gasteiger partial charge in [0, 0.05) is 17.4 Å². The minimum absolute atomic E-state index is 0.0411. The lowest BCUT2D eigenvalue weighted by molar-refractivity contribution is -0.192. The number of rotatable bonds is 2. The van der Waals surface area contributed by atoms with Crippen LogP contribution in [0.5, 0.6) is 0 Å². The Morgan fingerprint density at radius 3 is 2.80 bits per heavy atom. The van der Waals surface area contributed by atoms with Crippen LogP contribution in [0.4, 0.5) is 0 Å². The molecule has 2 aliphatic rings. The lowest BCUT2D eigenvalue weighted by Gasteiger charge is -2.62. The van der Waals surface area contributed by atoms with Crippen molar-refractivity contribution in [3.05, 3.63) is 0 Å². The molecule has 0 aromatic carbocycles. The zero-order valence-electron chi connectivity index (χ0n) is 9.86. The summed E-state index contributed by atoms with van der Waals surface area (Å²) in [6, 6.07) is 0.408. The molecule has 1 aliphatic carbocycles. The number of piperidine rings is 1. The highest BCUT2D eigenvalue weighted by Gasteiger charge is 2.58. The summed E-state index contributed by atoms with van der Waals surface area (Å²) >= 11 is 0. The van der Waals surface area contributed by atoms with E-state index in [2.05, 4.69) is 18.7 Å². The highest BCUT2D eigenvalue weighted by atomic mass is 16.3. The molecule has 0 aromatic heterocycles.